The molecule has 0 radical (unpaired) electrons. The molecule has 0 aliphatic carbocycles. The number of benzene rings is 1. The Balaban J connectivity index is 0. The molecule has 0 fully saturated rings. The second kappa shape index (κ2) is 13.5. The summed E-state index contributed by atoms with van der Waals surface area (Å²) in [6, 6.07) is 4.81. The summed E-state index contributed by atoms with van der Waals surface area (Å²) in [6.45, 7) is 6.47. The maximum Gasteiger partial charge on any atom is 2.00 e. The maximum absolute atomic E-state index is 10.3. The largest absolute Gasteiger partial charge is 2.00 e. The van der Waals surface area contributed by atoms with Crippen LogP contribution in [0.1, 0.15) is 60.7 Å². The summed E-state index contributed by atoms with van der Waals surface area (Å²) in [5.74, 6) is 0.342. The maximum atomic E-state index is 10.3. The third-order valence-electron chi connectivity index (χ3n) is 3.09. The zero-order chi connectivity index (χ0) is 17.9. The molecule has 0 saturated heterocycles. The molecule has 0 unspecified atom stereocenters. The minimum atomic E-state index is -1.40. The van der Waals surface area contributed by atoms with Crippen molar-refractivity contribution in [3.05, 3.63) is 35.4 Å². The van der Waals surface area contributed by atoms with E-state index in [4.69, 9.17) is 0 Å². The molecule has 0 bridgehead atoms. The second-order valence-corrected chi connectivity index (χ2v) is 8.49. The first kappa shape index (κ1) is 25.5. The molecule has 0 amide bonds. The molecule has 132 valence electrons. The van der Waals surface area contributed by atoms with Gasteiger partial charge in [0.2, 0.25) is 0 Å². The molecule has 0 aromatic heterocycles. The summed E-state index contributed by atoms with van der Waals surface area (Å²) in [6.07, 6.45) is 3.39. The Labute approximate surface area is 162 Å². The van der Waals surface area contributed by atoms with Crippen molar-refractivity contribution in [3.63, 3.8) is 0 Å². The zero-order valence-electron chi connectivity index (χ0n) is 14.7. The number of carbonyl (C=O) groups excluding carboxylic acids is 2. The van der Waals surface area contributed by atoms with Crippen molar-refractivity contribution in [2.45, 2.75) is 40.0 Å². The molecule has 7 heteroatoms. The molecule has 24 heavy (non-hydrogen) atoms. The summed E-state index contributed by atoms with van der Waals surface area (Å²) in [5.41, 5.74) is -0.339. The zero-order valence-corrected chi connectivity index (χ0v) is 17.0. The van der Waals surface area contributed by atoms with Crippen molar-refractivity contribution in [3.8, 4) is 0 Å². The van der Waals surface area contributed by atoms with Gasteiger partial charge in [0.05, 0.1) is 11.9 Å². The van der Waals surface area contributed by atoms with E-state index in [1.807, 2.05) is 0 Å². The van der Waals surface area contributed by atoms with Crippen LogP contribution in [-0.4, -0.2) is 56.8 Å². The standard InChI is InChI=1S/C9H22OS.C8H6O4.Mg/c1-4-7-11(10,8-5-2)9-6-3;9-7(10)5-2-1-3-6(4-5)8(11)12;/h10H,4-9H2,1-3H3;1-4H,(H,9,10)(H,11,12);/q;;+2/p-2. The van der Waals surface area contributed by atoms with E-state index >= 15 is 0 Å². The average molecular weight is 367 g/mol. The number of hydrogen-bond acceptors (Lipinski definition) is 5. The van der Waals surface area contributed by atoms with Crippen LogP contribution in [0.15, 0.2) is 24.3 Å². The summed E-state index contributed by atoms with van der Waals surface area (Å²) in [4.78, 5) is 20.5. The van der Waals surface area contributed by atoms with Gasteiger partial charge in [-0.25, -0.2) is 0 Å². The Kier molecular flexibility index (Phi) is 14.3. The van der Waals surface area contributed by atoms with Crippen molar-refractivity contribution in [2.75, 3.05) is 17.3 Å². The van der Waals surface area contributed by atoms with E-state index in [-0.39, 0.29) is 34.2 Å². The third-order valence-corrected chi connectivity index (χ3v) is 6.59. The fourth-order valence-corrected chi connectivity index (χ4v) is 5.11. The quantitative estimate of drug-likeness (QED) is 0.703. The molecule has 0 heterocycles. The molecule has 5 nitrogen and oxygen atoms in total. The normalized spacial score (nSPS) is 10.8. The van der Waals surface area contributed by atoms with Crippen molar-refractivity contribution in [2.24, 2.45) is 0 Å². The van der Waals surface area contributed by atoms with E-state index in [0.29, 0.717) is 0 Å². The SMILES string of the molecule is CCCS(O)(CCC)CCC.O=C([O-])c1cccc(C(=O)[O-])c1.[Mg+2]. The molecule has 1 N–H and O–H groups in total. The molecular formula is C17H26MgO5S. The van der Waals surface area contributed by atoms with Crippen molar-refractivity contribution in [1.82, 2.24) is 0 Å². The van der Waals surface area contributed by atoms with Gasteiger partial charge in [0.25, 0.3) is 0 Å². The van der Waals surface area contributed by atoms with Gasteiger partial charge in [0.15, 0.2) is 0 Å². The summed E-state index contributed by atoms with van der Waals surface area (Å²) in [5, 5.41) is 20.5. The minimum Gasteiger partial charge on any atom is -0.545 e. The van der Waals surface area contributed by atoms with Gasteiger partial charge in [-0.1, -0.05) is 39.0 Å². The summed E-state index contributed by atoms with van der Waals surface area (Å²) < 4.78 is 10.1. The third kappa shape index (κ3) is 10.2. The molecule has 1 aromatic rings. The minimum absolute atomic E-state index is 0. The van der Waals surface area contributed by atoms with Gasteiger partial charge in [-0.05, 0) is 53.7 Å². The van der Waals surface area contributed by atoms with Crippen LogP contribution in [0.5, 0.6) is 0 Å². The van der Waals surface area contributed by atoms with E-state index in [9.17, 15) is 24.4 Å². The van der Waals surface area contributed by atoms with Crippen molar-refractivity contribution < 1.29 is 24.4 Å². The molecule has 1 rings (SSSR count). The van der Waals surface area contributed by atoms with Crippen molar-refractivity contribution >= 4 is 45.3 Å². The second-order valence-electron chi connectivity index (χ2n) is 5.27. The first-order valence-corrected chi connectivity index (χ1v) is 9.90. The van der Waals surface area contributed by atoms with Crippen LogP contribution in [0, 0.1) is 0 Å². The predicted octanol–water partition coefficient (Wildman–Crippen LogP) is 1.53. The van der Waals surface area contributed by atoms with Crippen molar-refractivity contribution in [1.29, 1.82) is 0 Å². The topological polar surface area (TPSA) is 100 Å². The summed E-state index contributed by atoms with van der Waals surface area (Å²) >= 11 is 0. The molecule has 0 aliphatic heterocycles. The van der Waals surface area contributed by atoms with Crippen LogP contribution in [0.3, 0.4) is 0 Å². The van der Waals surface area contributed by atoms with E-state index in [0.717, 1.165) is 42.6 Å². The van der Waals surface area contributed by atoms with Gasteiger partial charge in [0, 0.05) is 0 Å². The smallest absolute Gasteiger partial charge is 0.545 e. The Morgan fingerprint density at radius 1 is 0.917 bits per heavy atom. The number of carboxylic acid groups (broad SMARTS) is 2. The van der Waals surface area contributed by atoms with Gasteiger partial charge >= 0.3 is 23.1 Å². The predicted molar refractivity (Wildman–Crippen MR) is 96.6 cm³/mol. The molecule has 0 atom stereocenters. The van der Waals surface area contributed by atoms with Crippen LogP contribution < -0.4 is 10.2 Å². The van der Waals surface area contributed by atoms with E-state index in [1.54, 1.807) is 0 Å². The number of hydrogen-bond donors (Lipinski definition) is 1. The Bertz CT molecular complexity index is 461. The number of rotatable bonds is 8. The average Bonchev–Trinajstić information content (AvgIpc) is 2.48. The molecular weight excluding hydrogens is 341 g/mol. The Morgan fingerprint density at radius 3 is 1.50 bits per heavy atom. The van der Waals surface area contributed by atoms with E-state index in [2.05, 4.69) is 20.8 Å². The number of carbonyl (C=O) groups is 2. The molecule has 0 aliphatic rings. The molecule has 0 saturated carbocycles. The number of aromatic carboxylic acids is 2. The fourth-order valence-electron chi connectivity index (χ4n) is 2.22. The van der Waals surface area contributed by atoms with Gasteiger partial charge < -0.3 is 24.4 Å². The Hall–Kier alpha value is -0.764. The molecule has 0 spiro atoms. The van der Waals surface area contributed by atoms with Gasteiger partial charge in [-0.2, -0.15) is 0 Å². The monoisotopic (exact) mass is 366 g/mol. The van der Waals surface area contributed by atoms with Gasteiger partial charge in [0.1, 0.15) is 0 Å². The molecule has 1 aromatic carbocycles. The van der Waals surface area contributed by atoms with Crippen LogP contribution in [0.4, 0.5) is 0 Å². The fraction of sp³-hybridized carbons (Fsp3) is 0.529. The van der Waals surface area contributed by atoms with Gasteiger partial charge in [-0.3, -0.25) is 0 Å². The first-order chi connectivity index (χ1) is 10.8. The Morgan fingerprint density at radius 2 is 1.25 bits per heavy atom. The summed E-state index contributed by atoms with van der Waals surface area (Å²) in [7, 11) is -1.19. The first-order valence-electron chi connectivity index (χ1n) is 7.81. The van der Waals surface area contributed by atoms with Crippen LogP contribution >= 0.6 is 10.3 Å². The van der Waals surface area contributed by atoms with Gasteiger partial charge in [-0.15, -0.1) is 10.3 Å². The van der Waals surface area contributed by atoms with Crippen LogP contribution in [0.25, 0.3) is 0 Å². The van der Waals surface area contributed by atoms with E-state index in [1.165, 1.54) is 18.2 Å². The number of carboxylic acids is 2. The van der Waals surface area contributed by atoms with E-state index < -0.39 is 22.2 Å². The van der Waals surface area contributed by atoms with Crippen LogP contribution in [-0.2, 0) is 0 Å². The van der Waals surface area contributed by atoms with Crippen LogP contribution in [0.2, 0.25) is 0 Å².